The van der Waals surface area contributed by atoms with E-state index < -0.39 is 0 Å². The zero-order valence-corrected chi connectivity index (χ0v) is 8.62. The fourth-order valence-electron chi connectivity index (χ4n) is 1.04. The summed E-state index contributed by atoms with van der Waals surface area (Å²) in [5.74, 6) is 0. The number of nitrogens with zero attached hydrogens (tertiary/aromatic N) is 1. The third kappa shape index (κ3) is 1.90. The van der Waals surface area contributed by atoms with E-state index in [0.29, 0.717) is 0 Å². The molecule has 1 heterocycles. The van der Waals surface area contributed by atoms with Gasteiger partial charge in [-0.25, -0.2) is 4.98 Å². The van der Waals surface area contributed by atoms with Crippen molar-refractivity contribution in [2.24, 2.45) is 0 Å². The van der Waals surface area contributed by atoms with Crippen LogP contribution >= 0.6 is 22.9 Å². The molecule has 0 aliphatic heterocycles. The molecule has 0 amide bonds. The van der Waals surface area contributed by atoms with Crippen LogP contribution in [0.1, 0.15) is 5.69 Å². The molecule has 2 rings (SSSR count). The number of thiazole rings is 1. The molecule has 1 radical (unpaired) electrons. The van der Waals surface area contributed by atoms with Crippen LogP contribution in [-0.4, -0.2) is 4.98 Å². The van der Waals surface area contributed by atoms with Crippen molar-refractivity contribution in [1.82, 2.24) is 4.98 Å². The largest absolute Gasteiger partial charge is 0.241 e. The lowest BCUT2D eigenvalue weighted by Crippen LogP contribution is -1.75. The minimum absolute atomic E-state index is 0.751. The van der Waals surface area contributed by atoms with Crippen molar-refractivity contribution in [3.05, 3.63) is 40.4 Å². The summed E-state index contributed by atoms with van der Waals surface area (Å²) < 4.78 is 0. The lowest BCUT2D eigenvalue weighted by Gasteiger charge is -1.94. The van der Waals surface area contributed by atoms with E-state index in [1.54, 1.807) is 0 Å². The maximum Gasteiger partial charge on any atom is 0.124 e. The van der Waals surface area contributed by atoms with Gasteiger partial charge >= 0.3 is 0 Å². The van der Waals surface area contributed by atoms with Gasteiger partial charge in [-0.3, -0.25) is 0 Å². The van der Waals surface area contributed by atoms with Gasteiger partial charge in [-0.15, -0.1) is 11.3 Å². The minimum atomic E-state index is 0.751. The highest BCUT2D eigenvalue weighted by atomic mass is 35.5. The normalized spacial score (nSPS) is 10.3. The molecule has 0 saturated carbocycles. The van der Waals surface area contributed by atoms with Crippen LogP contribution in [0.2, 0.25) is 5.02 Å². The molecule has 65 valence electrons. The van der Waals surface area contributed by atoms with Crippen molar-refractivity contribution in [1.29, 1.82) is 0 Å². The van der Waals surface area contributed by atoms with Gasteiger partial charge in [-0.2, -0.15) is 0 Å². The Kier molecular flexibility index (Phi) is 2.34. The Morgan fingerprint density at radius 3 is 2.54 bits per heavy atom. The lowest BCUT2D eigenvalue weighted by atomic mass is 10.2. The molecular formula is C10H7ClNS. The van der Waals surface area contributed by atoms with Crippen LogP contribution in [-0.2, 0) is 0 Å². The summed E-state index contributed by atoms with van der Waals surface area (Å²) >= 11 is 7.31. The average molecular weight is 209 g/mol. The smallest absolute Gasteiger partial charge is 0.124 e. The molecule has 1 nitrogen and oxygen atoms in total. The second kappa shape index (κ2) is 3.48. The predicted octanol–water partition coefficient (Wildman–Crippen LogP) is 3.57. The molecule has 1 aromatic heterocycles. The molecule has 0 aliphatic carbocycles. The van der Waals surface area contributed by atoms with Crippen LogP contribution in [0.3, 0.4) is 0 Å². The second-order valence-corrected chi connectivity index (χ2v) is 3.94. The first kappa shape index (κ1) is 8.73. The Labute approximate surface area is 86.0 Å². The van der Waals surface area contributed by atoms with Crippen LogP contribution in [0.15, 0.2) is 24.3 Å². The summed E-state index contributed by atoms with van der Waals surface area (Å²) in [6.07, 6.45) is 0. The first-order valence-corrected chi connectivity index (χ1v) is 5.06. The van der Waals surface area contributed by atoms with Gasteiger partial charge in [0.15, 0.2) is 0 Å². The Bertz CT molecular complexity index is 405. The van der Waals surface area contributed by atoms with E-state index in [-0.39, 0.29) is 0 Å². The summed E-state index contributed by atoms with van der Waals surface area (Å²) in [6, 6.07) is 7.67. The lowest BCUT2D eigenvalue weighted by molar-refractivity contribution is 1.26. The van der Waals surface area contributed by atoms with E-state index in [1.165, 1.54) is 11.3 Å². The van der Waals surface area contributed by atoms with Crippen molar-refractivity contribution in [2.75, 3.05) is 0 Å². The number of aryl methyl sites for hydroxylation is 1. The molecule has 0 saturated heterocycles. The van der Waals surface area contributed by atoms with Crippen molar-refractivity contribution >= 4 is 22.9 Å². The van der Waals surface area contributed by atoms with E-state index >= 15 is 0 Å². The van der Waals surface area contributed by atoms with E-state index in [1.807, 2.05) is 31.2 Å². The fourth-order valence-corrected chi connectivity index (χ4v) is 1.89. The molecule has 0 unspecified atom stereocenters. The molecule has 3 heteroatoms. The van der Waals surface area contributed by atoms with E-state index in [4.69, 9.17) is 11.6 Å². The van der Waals surface area contributed by atoms with Gasteiger partial charge in [0.05, 0.1) is 11.1 Å². The number of halogens is 1. The summed E-state index contributed by atoms with van der Waals surface area (Å²) in [5, 5.41) is 4.82. The van der Waals surface area contributed by atoms with Crippen LogP contribution in [0.5, 0.6) is 0 Å². The van der Waals surface area contributed by atoms with Crippen molar-refractivity contribution in [3.8, 4) is 10.6 Å². The van der Waals surface area contributed by atoms with E-state index in [2.05, 4.69) is 10.4 Å². The summed E-state index contributed by atoms with van der Waals surface area (Å²) in [7, 11) is 0. The zero-order chi connectivity index (χ0) is 9.26. The van der Waals surface area contributed by atoms with Crippen molar-refractivity contribution in [2.45, 2.75) is 6.92 Å². The first-order valence-electron chi connectivity index (χ1n) is 3.87. The Hall–Kier alpha value is -0.860. The van der Waals surface area contributed by atoms with Gasteiger partial charge in [0.25, 0.3) is 0 Å². The maximum atomic E-state index is 5.78. The number of aromatic nitrogens is 1. The summed E-state index contributed by atoms with van der Waals surface area (Å²) in [6.45, 7) is 1.94. The van der Waals surface area contributed by atoms with Gasteiger partial charge in [-0.1, -0.05) is 23.7 Å². The van der Waals surface area contributed by atoms with Gasteiger partial charge in [0, 0.05) is 10.6 Å². The number of hydrogen-bond donors (Lipinski definition) is 0. The quantitative estimate of drug-likeness (QED) is 0.698. The maximum absolute atomic E-state index is 5.78. The first-order chi connectivity index (χ1) is 6.25. The second-order valence-electron chi connectivity index (χ2n) is 2.71. The number of rotatable bonds is 1. The Morgan fingerprint density at radius 1 is 1.31 bits per heavy atom. The highest BCUT2D eigenvalue weighted by molar-refractivity contribution is 7.12. The van der Waals surface area contributed by atoms with Crippen molar-refractivity contribution in [3.63, 3.8) is 0 Å². The minimum Gasteiger partial charge on any atom is -0.241 e. The van der Waals surface area contributed by atoms with Gasteiger partial charge in [-0.05, 0) is 19.1 Å². The monoisotopic (exact) mass is 208 g/mol. The van der Waals surface area contributed by atoms with Gasteiger partial charge in [0.2, 0.25) is 0 Å². The molecule has 0 atom stereocenters. The predicted molar refractivity (Wildman–Crippen MR) is 56.1 cm³/mol. The molecule has 13 heavy (non-hydrogen) atoms. The van der Waals surface area contributed by atoms with Crippen LogP contribution in [0.4, 0.5) is 0 Å². The Balaban J connectivity index is 2.41. The average Bonchev–Trinajstić information content (AvgIpc) is 2.53. The highest BCUT2D eigenvalue weighted by Gasteiger charge is 2.01. The number of benzene rings is 1. The third-order valence-corrected chi connectivity index (χ3v) is 2.83. The van der Waals surface area contributed by atoms with E-state index in [0.717, 1.165) is 21.3 Å². The molecule has 0 aliphatic rings. The van der Waals surface area contributed by atoms with Gasteiger partial charge in [0.1, 0.15) is 5.01 Å². The molecule has 2 aromatic rings. The van der Waals surface area contributed by atoms with Gasteiger partial charge < -0.3 is 0 Å². The van der Waals surface area contributed by atoms with Crippen LogP contribution in [0, 0.1) is 12.3 Å². The molecule has 0 spiro atoms. The molecular weight excluding hydrogens is 202 g/mol. The summed E-state index contributed by atoms with van der Waals surface area (Å²) in [5.41, 5.74) is 2.04. The molecule has 0 bridgehead atoms. The number of hydrogen-bond acceptors (Lipinski definition) is 2. The highest BCUT2D eigenvalue weighted by Crippen LogP contribution is 2.24. The molecule has 1 aromatic carbocycles. The van der Waals surface area contributed by atoms with Crippen LogP contribution in [0.25, 0.3) is 10.6 Å². The fraction of sp³-hybridized carbons (Fsp3) is 0.100. The molecule has 0 N–H and O–H groups in total. The standard InChI is InChI=1S/C10H7ClNS/c1-7-6-13-10(12-7)8-2-4-9(11)5-3-8/h2-5H,1H3. The van der Waals surface area contributed by atoms with E-state index in [9.17, 15) is 0 Å². The Morgan fingerprint density at radius 2 is 2.00 bits per heavy atom. The zero-order valence-electron chi connectivity index (χ0n) is 7.04. The SMILES string of the molecule is Cc1[c]sc(-c2ccc(Cl)cc2)n1. The topological polar surface area (TPSA) is 12.9 Å². The summed E-state index contributed by atoms with van der Waals surface area (Å²) in [4.78, 5) is 4.33. The third-order valence-electron chi connectivity index (χ3n) is 1.66. The van der Waals surface area contributed by atoms with Crippen molar-refractivity contribution < 1.29 is 0 Å². The molecule has 0 fully saturated rings. The van der Waals surface area contributed by atoms with Crippen LogP contribution < -0.4 is 0 Å².